The van der Waals surface area contributed by atoms with Crippen molar-refractivity contribution < 1.29 is 51.8 Å². The maximum Gasteiger partial charge on any atom is 1.00 e. The second-order valence-electron chi connectivity index (χ2n) is 2.15. The number of benzene rings is 1. The van der Waals surface area contributed by atoms with Gasteiger partial charge >= 0.3 is 29.6 Å². The molecule has 0 aliphatic heterocycles. The smallest absolute Gasteiger partial charge is 0.768 e. The van der Waals surface area contributed by atoms with Crippen LogP contribution in [0.4, 0.5) is 8.78 Å². The number of ether oxygens (including phenoxy) is 1. The minimum atomic E-state index is -2.65. The van der Waals surface area contributed by atoms with Gasteiger partial charge in [0.05, 0.1) is 7.11 Å². The summed E-state index contributed by atoms with van der Waals surface area (Å²) in [5.74, 6) is -2.67. The van der Waals surface area contributed by atoms with Crippen LogP contribution in [0.5, 0.6) is 5.75 Å². The SMILES string of the molecule is COc1c(F)cc(S(=O)[O-])cc1F.[Na+]. The molecule has 1 aromatic rings. The van der Waals surface area contributed by atoms with Gasteiger partial charge in [0, 0.05) is 4.90 Å². The van der Waals surface area contributed by atoms with Crippen molar-refractivity contribution in [1.82, 2.24) is 0 Å². The molecule has 0 saturated carbocycles. The van der Waals surface area contributed by atoms with Crippen LogP contribution < -0.4 is 34.3 Å². The first-order valence-electron chi connectivity index (χ1n) is 3.18. The zero-order valence-corrected chi connectivity index (χ0v) is 10.4. The minimum Gasteiger partial charge on any atom is -0.768 e. The summed E-state index contributed by atoms with van der Waals surface area (Å²) in [4.78, 5) is -0.448. The fourth-order valence-electron chi connectivity index (χ4n) is 0.828. The average Bonchev–Trinajstić information content (AvgIpc) is 2.03. The topological polar surface area (TPSA) is 49.4 Å². The summed E-state index contributed by atoms with van der Waals surface area (Å²) < 4.78 is 50.7. The Balaban J connectivity index is 0.00000169. The van der Waals surface area contributed by atoms with Gasteiger partial charge in [-0.3, -0.25) is 4.21 Å². The molecule has 0 amide bonds. The molecule has 1 unspecified atom stereocenters. The largest absolute Gasteiger partial charge is 1.00 e. The van der Waals surface area contributed by atoms with Crippen LogP contribution in [0.25, 0.3) is 0 Å². The fraction of sp³-hybridized carbons (Fsp3) is 0.143. The summed E-state index contributed by atoms with van der Waals surface area (Å²) in [5.41, 5.74) is 0. The molecule has 1 atom stereocenters. The molecule has 0 bridgehead atoms. The van der Waals surface area contributed by atoms with E-state index >= 15 is 0 Å². The molecule has 14 heavy (non-hydrogen) atoms. The first kappa shape index (κ1) is 14.0. The van der Waals surface area contributed by atoms with Gasteiger partial charge in [0.15, 0.2) is 17.4 Å². The first-order chi connectivity index (χ1) is 6.06. The molecule has 0 aromatic heterocycles. The summed E-state index contributed by atoms with van der Waals surface area (Å²) in [6.45, 7) is 0. The Labute approximate surface area is 104 Å². The third-order valence-corrected chi connectivity index (χ3v) is 1.99. The van der Waals surface area contributed by atoms with Crippen molar-refractivity contribution in [3.63, 3.8) is 0 Å². The molecule has 0 spiro atoms. The maximum atomic E-state index is 12.8. The van der Waals surface area contributed by atoms with Gasteiger partial charge in [0.25, 0.3) is 0 Å². The predicted octanol–water partition coefficient (Wildman–Crippen LogP) is -1.78. The molecule has 0 radical (unpaired) electrons. The van der Waals surface area contributed by atoms with Crippen molar-refractivity contribution in [3.05, 3.63) is 23.8 Å². The molecule has 0 aliphatic rings. The van der Waals surface area contributed by atoms with Crippen LogP contribution in [0, 0.1) is 11.6 Å². The van der Waals surface area contributed by atoms with Gasteiger partial charge in [-0.1, -0.05) is 0 Å². The molecule has 0 aliphatic carbocycles. The zero-order valence-electron chi connectivity index (χ0n) is 7.54. The number of halogens is 2. The number of methoxy groups -OCH3 is 1. The van der Waals surface area contributed by atoms with Crippen LogP contribution in [-0.2, 0) is 11.1 Å². The molecule has 0 saturated heterocycles. The predicted molar refractivity (Wildman–Crippen MR) is 40.1 cm³/mol. The van der Waals surface area contributed by atoms with Crippen LogP contribution in [0.1, 0.15) is 0 Å². The van der Waals surface area contributed by atoms with Gasteiger partial charge in [0.2, 0.25) is 0 Å². The monoisotopic (exact) mass is 230 g/mol. The standard InChI is InChI=1S/C7H6F2O3S.Na/c1-12-7-5(8)2-4(13(10)11)3-6(7)9;/h2-3H,1H3,(H,10,11);/q;+1/p-1. The molecule has 0 fully saturated rings. The van der Waals surface area contributed by atoms with Crippen LogP contribution >= 0.6 is 0 Å². The van der Waals surface area contributed by atoms with E-state index in [9.17, 15) is 17.5 Å². The third-order valence-electron chi connectivity index (χ3n) is 1.37. The van der Waals surface area contributed by atoms with Crippen molar-refractivity contribution in [2.45, 2.75) is 4.90 Å². The van der Waals surface area contributed by atoms with E-state index in [1.54, 1.807) is 0 Å². The van der Waals surface area contributed by atoms with Crippen LogP contribution in [-0.4, -0.2) is 15.9 Å². The number of hydrogen-bond donors (Lipinski definition) is 0. The summed E-state index contributed by atoms with van der Waals surface area (Å²) in [6, 6.07) is 1.37. The van der Waals surface area contributed by atoms with Gasteiger partial charge in [-0.15, -0.1) is 0 Å². The first-order valence-corrected chi connectivity index (χ1v) is 4.26. The van der Waals surface area contributed by atoms with Gasteiger partial charge in [0.1, 0.15) is 0 Å². The van der Waals surface area contributed by atoms with Crippen molar-refractivity contribution in [2.75, 3.05) is 7.11 Å². The average molecular weight is 230 g/mol. The Kier molecular flexibility index (Phi) is 5.77. The van der Waals surface area contributed by atoms with Crippen LogP contribution in [0.15, 0.2) is 17.0 Å². The van der Waals surface area contributed by atoms with Crippen molar-refractivity contribution >= 4 is 11.1 Å². The Hall–Kier alpha value is -0.0100. The van der Waals surface area contributed by atoms with E-state index in [0.29, 0.717) is 12.1 Å². The van der Waals surface area contributed by atoms with Gasteiger partial charge in [-0.2, -0.15) is 0 Å². The fourth-order valence-corrected chi connectivity index (χ4v) is 1.23. The molecule has 7 heteroatoms. The second kappa shape index (κ2) is 5.77. The minimum absolute atomic E-state index is 0. The van der Waals surface area contributed by atoms with Crippen LogP contribution in [0.2, 0.25) is 0 Å². The van der Waals surface area contributed by atoms with Crippen molar-refractivity contribution in [1.29, 1.82) is 0 Å². The van der Waals surface area contributed by atoms with E-state index in [-0.39, 0.29) is 29.6 Å². The van der Waals surface area contributed by atoms with E-state index < -0.39 is 33.4 Å². The molecule has 1 aromatic carbocycles. The van der Waals surface area contributed by atoms with E-state index in [4.69, 9.17) is 0 Å². The van der Waals surface area contributed by atoms with Crippen molar-refractivity contribution in [2.24, 2.45) is 0 Å². The van der Waals surface area contributed by atoms with E-state index in [1.807, 2.05) is 0 Å². The Morgan fingerprint density at radius 3 is 2.07 bits per heavy atom. The molecule has 0 heterocycles. The summed E-state index contributed by atoms with van der Waals surface area (Å²) >= 11 is -2.65. The normalized spacial score (nSPS) is 11.7. The molecular formula is C7H5F2NaO3S. The summed E-state index contributed by atoms with van der Waals surface area (Å²) in [5, 5.41) is 0. The number of hydrogen-bond acceptors (Lipinski definition) is 3. The molecular weight excluding hydrogens is 225 g/mol. The quantitative estimate of drug-likeness (QED) is 0.445. The summed E-state index contributed by atoms with van der Waals surface area (Å²) in [6.07, 6.45) is 0. The van der Waals surface area contributed by atoms with Gasteiger partial charge in [-0.05, 0) is 23.2 Å². The zero-order chi connectivity index (χ0) is 10.0. The van der Waals surface area contributed by atoms with Gasteiger partial charge in [-0.25, -0.2) is 8.78 Å². The van der Waals surface area contributed by atoms with Gasteiger partial charge < -0.3 is 9.29 Å². The Morgan fingerprint density at radius 1 is 1.36 bits per heavy atom. The second-order valence-corrected chi connectivity index (χ2v) is 3.10. The van der Waals surface area contributed by atoms with E-state index in [1.165, 1.54) is 0 Å². The molecule has 72 valence electrons. The Bertz CT molecular complexity index is 336. The number of rotatable bonds is 2. The maximum absolute atomic E-state index is 12.8. The van der Waals surface area contributed by atoms with E-state index in [2.05, 4.69) is 4.74 Å². The third kappa shape index (κ3) is 2.99. The van der Waals surface area contributed by atoms with E-state index in [0.717, 1.165) is 7.11 Å². The molecule has 1 rings (SSSR count). The Morgan fingerprint density at radius 2 is 1.79 bits per heavy atom. The summed E-state index contributed by atoms with van der Waals surface area (Å²) in [7, 11) is 1.09. The molecule has 0 N–H and O–H groups in total. The van der Waals surface area contributed by atoms with Crippen LogP contribution in [0.3, 0.4) is 0 Å². The molecule has 3 nitrogen and oxygen atoms in total. The van der Waals surface area contributed by atoms with Crippen molar-refractivity contribution in [3.8, 4) is 5.75 Å².